The van der Waals surface area contributed by atoms with Gasteiger partial charge in [-0.15, -0.1) is 0 Å². The standard InChI is InChI=1S/C46H33Cl2N3O8/c1-23-7-11-31-35(15-23)58-36-17-26(51(2)3)8-12-32(36)41(31)43-42(46(56)57)34(47)20-33(44(43)48)45(55)50-22-39(54)49-21-24-5-4-6-25(16-24)40-29-13-9-27(52)18-37(29)59-38-19-28(53)10-14-30(38)40/h4-20,52H,1,21-22H2,2-3H3,(H,49,54)(H,50,55)(H,56,57). The number of fused-ring (bicyclic) bond motifs is 4. The monoisotopic (exact) mass is 825 g/mol. The van der Waals surface area contributed by atoms with E-state index in [4.69, 9.17) is 32.4 Å². The first-order chi connectivity index (χ1) is 28.3. The van der Waals surface area contributed by atoms with E-state index in [9.17, 15) is 29.4 Å². The zero-order valence-electron chi connectivity index (χ0n) is 31.5. The molecule has 59 heavy (non-hydrogen) atoms. The number of phenols is 1. The van der Waals surface area contributed by atoms with Crippen molar-refractivity contribution in [3.8, 4) is 39.7 Å². The van der Waals surface area contributed by atoms with Crippen LogP contribution in [0.5, 0.6) is 17.2 Å². The minimum atomic E-state index is -1.36. The predicted octanol–water partition coefficient (Wildman–Crippen LogP) is 7.15. The number of rotatable bonds is 9. The third-order valence-corrected chi connectivity index (χ3v) is 10.7. The van der Waals surface area contributed by atoms with Gasteiger partial charge < -0.3 is 34.9 Å². The first-order valence-electron chi connectivity index (χ1n) is 18.2. The van der Waals surface area contributed by atoms with Gasteiger partial charge in [-0.3, -0.25) is 14.4 Å². The van der Waals surface area contributed by atoms with Crippen molar-refractivity contribution < 1.29 is 33.8 Å². The van der Waals surface area contributed by atoms with Crippen LogP contribution in [-0.2, 0) is 11.3 Å². The zero-order chi connectivity index (χ0) is 41.7. The lowest BCUT2D eigenvalue weighted by Crippen LogP contribution is -2.36. The van der Waals surface area contributed by atoms with E-state index in [-0.39, 0.29) is 44.5 Å². The van der Waals surface area contributed by atoms with Crippen LogP contribution in [-0.4, -0.2) is 48.6 Å². The van der Waals surface area contributed by atoms with Gasteiger partial charge in [-0.25, -0.2) is 4.79 Å². The second kappa shape index (κ2) is 15.4. The number of carboxylic acid groups (broad SMARTS) is 1. The molecule has 2 heterocycles. The molecule has 0 aromatic heterocycles. The Morgan fingerprint density at radius 3 is 2.41 bits per heavy atom. The Hall–Kier alpha value is -7.08. The van der Waals surface area contributed by atoms with E-state index in [1.54, 1.807) is 42.5 Å². The van der Waals surface area contributed by atoms with Crippen molar-refractivity contribution in [3.63, 3.8) is 0 Å². The predicted molar refractivity (Wildman–Crippen MR) is 227 cm³/mol. The van der Waals surface area contributed by atoms with Gasteiger partial charge in [0, 0.05) is 83.0 Å². The van der Waals surface area contributed by atoms with Gasteiger partial charge in [0.25, 0.3) is 5.91 Å². The molecule has 294 valence electrons. The molecular formula is C46H33Cl2N3O8. The maximum Gasteiger partial charge on any atom is 0.337 e. The first-order valence-corrected chi connectivity index (χ1v) is 19.0. The second-order valence-corrected chi connectivity index (χ2v) is 14.9. The van der Waals surface area contributed by atoms with Crippen molar-refractivity contribution in [1.82, 2.24) is 10.6 Å². The number of hydrogen-bond donors (Lipinski definition) is 4. The largest absolute Gasteiger partial charge is 0.508 e. The number of nitrogens with zero attached hydrogens (tertiary/aromatic N) is 1. The Morgan fingerprint density at radius 2 is 1.63 bits per heavy atom. The molecule has 0 unspecified atom stereocenters. The quantitative estimate of drug-likeness (QED) is 0.111. The number of ether oxygens (including phenoxy) is 1. The van der Waals surface area contributed by atoms with Crippen LogP contribution in [0.25, 0.3) is 45.6 Å². The van der Waals surface area contributed by atoms with E-state index in [0.717, 1.165) is 22.4 Å². The number of carboxylic acids is 1. The molecule has 5 aromatic rings. The molecule has 0 atom stereocenters. The van der Waals surface area contributed by atoms with Crippen molar-refractivity contribution in [2.45, 2.75) is 6.54 Å². The number of hydrogen-bond acceptors (Lipinski definition) is 8. The fourth-order valence-corrected chi connectivity index (χ4v) is 7.85. The number of halogens is 2. The summed E-state index contributed by atoms with van der Waals surface area (Å²) in [7, 11) is 3.76. The second-order valence-electron chi connectivity index (χ2n) is 14.1. The third-order valence-electron chi connectivity index (χ3n) is 10.0. The molecule has 0 saturated carbocycles. The molecule has 2 amide bonds. The molecule has 11 nitrogen and oxygen atoms in total. The van der Waals surface area contributed by atoms with E-state index in [1.807, 2.05) is 55.4 Å². The summed E-state index contributed by atoms with van der Waals surface area (Å²) in [4.78, 5) is 53.8. The highest BCUT2D eigenvalue weighted by molar-refractivity contribution is 6.40. The maximum atomic E-state index is 13.8. The Labute approximate surface area is 346 Å². The molecule has 0 radical (unpaired) electrons. The number of phenolic OH excluding ortho intramolecular Hbond substituents is 1. The fraction of sp³-hybridized carbons (Fsp3) is 0.0870. The van der Waals surface area contributed by atoms with E-state index >= 15 is 0 Å². The fourth-order valence-electron chi connectivity index (χ4n) is 7.23. The van der Waals surface area contributed by atoms with Gasteiger partial charge in [0.15, 0.2) is 5.43 Å². The van der Waals surface area contributed by atoms with Crippen LogP contribution in [0.2, 0.25) is 10.0 Å². The van der Waals surface area contributed by atoms with E-state index in [2.05, 4.69) is 17.2 Å². The normalized spacial score (nSPS) is 11.8. The molecule has 4 N–H and O–H groups in total. The van der Waals surface area contributed by atoms with Gasteiger partial charge >= 0.3 is 5.97 Å². The third kappa shape index (κ3) is 7.33. The van der Waals surface area contributed by atoms with Crippen LogP contribution < -0.4 is 36.1 Å². The number of nitrogens with one attached hydrogen (secondary N) is 2. The molecular weight excluding hydrogens is 793 g/mol. The Morgan fingerprint density at radius 1 is 0.831 bits per heavy atom. The topological polar surface area (TPSA) is 158 Å². The number of aromatic carboxylic acids is 1. The molecule has 3 aliphatic rings. The van der Waals surface area contributed by atoms with Crippen molar-refractivity contribution in [2.24, 2.45) is 0 Å². The number of aromatic hydroxyl groups is 1. The Balaban J connectivity index is 1.07. The highest BCUT2D eigenvalue weighted by atomic mass is 35.5. The van der Waals surface area contributed by atoms with Crippen molar-refractivity contribution in [2.75, 3.05) is 25.5 Å². The Kier molecular flexibility index (Phi) is 10.1. The summed E-state index contributed by atoms with van der Waals surface area (Å²) in [6.45, 7) is 3.68. The maximum absolute atomic E-state index is 13.8. The summed E-state index contributed by atoms with van der Waals surface area (Å²) in [5.41, 5.74) is 4.49. The summed E-state index contributed by atoms with van der Waals surface area (Å²) in [5, 5.41) is 27.4. The van der Waals surface area contributed by atoms with Gasteiger partial charge in [0.2, 0.25) is 5.91 Å². The lowest BCUT2D eigenvalue weighted by atomic mass is 9.88. The summed E-state index contributed by atoms with van der Waals surface area (Å²) in [5.74, 6) is -1.40. The van der Waals surface area contributed by atoms with Gasteiger partial charge in [-0.1, -0.05) is 60.1 Å². The molecule has 0 fully saturated rings. The van der Waals surface area contributed by atoms with Gasteiger partial charge in [-0.05, 0) is 70.9 Å². The first kappa shape index (κ1) is 38.8. The van der Waals surface area contributed by atoms with Crippen LogP contribution in [0.15, 0.2) is 112 Å². The molecule has 13 heteroatoms. The molecule has 0 saturated heterocycles. The van der Waals surface area contributed by atoms with Gasteiger partial charge in [-0.2, -0.15) is 0 Å². The average molecular weight is 827 g/mol. The van der Waals surface area contributed by atoms with E-state index < -0.39 is 24.3 Å². The van der Waals surface area contributed by atoms with Crippen molar-refractivity contribution in [3.05, 3.63) is 162 Å². The number of carbonyl (C=O) groups is 3. The average Bonchev–Trinajstić information content (AvgIpc) is 3.20. The number of benzene rings is 6. The van der Waals surface area contributed by atoms with Crippen LogP contribution in [0.4, 0.5) is 5.69 Å². The Bertz CT molecular complexity index is 3070. The van der Waals surface area contributed by atoms with Crippen LogP contribution in [0.3, 0.4) is 0 Å². The van der Waals surface area contributed by atoms with E-state index in [0.29, 0.717) is 55.4 Å². The van der Waals surface area contributed by atoms with Crippen LogP contribution >= 0.6 is 23.2 Å². The van der Waals surface area contributed by atoms with Crippen molar-refractivity contribution in [1.29, 1.82) is 0 Å². The minimum Gasteiger partial charge on any atom is -0.508 e. The zero-order valence-corrected chi connectivity index (χ0v) is 33.0. The van der Waals surface area contributed by atoms with Gasteiger partial charge in [0.1, 0.15) is 28.6 Å². The summed E-state index contributed by atoms with van der Waals surface area (Å²) in [6, 6.07) is 28.6. The molecule has 1 aliphatic carbocycles. The highest BCUT2D eigenvalue weighted by Gasteiger charge is 2.31. The molecule has 8 rings (SSSR count). The summed E-state index contributed by atoms with van der Waals surface area (Å²) in [6.07, 6.45) is 0. The number of carbonyl (C=O) groups excluding carboxylic acids is 2. The summed E-state index contributed by atoms with van der Waals surface area (Å²) >= 11 is 13.7. The number of amides is 2. The van der Waals surface area contributed by atoms with Crippen LogP contribution in [0.1, 0.15) is 37.4 Å². The molecule has 0 bridgehead atoms. The lowest BCUT2D eigenvalue weighted by molar-refractivity contribution is -0.120. The highest BCUT2D eigenvalue weighted by Crippen LogP contribution is 2.44. The lowest BCUT2D eigenvalue weighted by Gasteiger charge is -2.25. The van der Waals surface area contributed by atoms with Crippen molar-refractivity contribution >= 4 is 69.8 Å². The molecule has 0 spiro atoms. The van der Waals surface area contributed by atoms with Gasteiger partial charge in [0.05, 0.1) is 27.7 Å². The molecule has 2 aliphatic heterocycles. The SMILES string of the molecule is C=c1ccc2c(c1)Oc1cc(N(C)C)ccc1C=2c1c(Cl)c(C(=O)NCC(=O)NCc2cccc(-c3c4ccc(=O)cc-4oc4cc(O)ccc34)c2)cc(Cl)c1C(=O)O. The van der Waals surface area contributed by atoms with Crippen LogP contribution in [0, 0.1) is 0 Å². The minimum absolute atomic E-state index is 0.0121. The number of anilines is 1. The van der Waals surface area contributed by atoms with E-state index in [1.165, 1.54) is 24.3 Å². The summed E-state index contributed by atoms with van der Waals surface area (Å²) < 4.78 is 12.2. The smallest absolute Gasteiger partial charge is 0.337 e. The molecule has 5 aromatic carbocycles.